The first-order valence-corrected chi connectivity index (χ1v) is 16.3. The highest BCUT2D eigenvalue weighted by Crippen LogP contribution is 2.24. The molecule has 3 aromatic heterocycles. The second-order valence-electron chi connectivity index (χ2n) is 11.9. The van der Waals surface area contributed by atoms with E-state index in [4.69, 9.17) is 26.8 Å². The molecule has 1 fully saturated rings. The Balaban J connectivity index is 1.40. The van der Waals surface area contributed by atoms with Gasteiger partial charge in [0.25, 0.3) is 17.6 Å². The van der Waals surface area contributed by atoms with Crippen LogP contribution in [0.25, 0.3) is 11.0 Å². The van der Waals surface area contributed by atoms with Crippen LogP contribution >= 0.6 is 11.6 Å². The number of rotatable bonds is 13. The van der Waals surface area contributed by atoms with E-state index < -0.39 is 17.9 Å². The fraction of sp³-hybridized carbons (Fsp3) is 0.455. The van der Waals surface area contributed by atoms with Gasteiger partial charge in [0, 0.05) is 37.4 Å². The van der Waals surface area contributed by atoms with Crippen molar-refractivity contribution in [3.8, 4) is 11.5 Å². The molecule has 0 unspecified atom stereocenters. The average Bonchev–Trinajstić information content (AvgIpc) is 3.36. The number of nitrogen functional groups attached to an aromatic ring is 1. The summed E-state index contributed by atoms with van der Waals surface area (Å²) < 4.78 is 15.9. The summed E-state index contributed by atoms with van der Waals surface area (Å²) in [6.45, 7) is 7.91. The van der Waals surface area contributed by atoms with Crippen molar-refractivity contribution in [2.75, 3.05) is 32.1 Å². The van der Waals surface area contributed by atoms with E-state index in [9.17, 15) is 19.8 Å². The second-order valence-corrected chi connectivity index (χ2v) is 12.3. The minimum atomic E-state index is -0.814. The number of aryl methyl sites for hydroxylation is 2. The van der Waals surface area contributed by atoms with Crippen molar-refractivity contribution >= 4 is 40.3 Å². The monoisotopic (exact) mass is 680 g/mol. The third kappa shape index (κ3) is 8.30. The molecule has 1 aliphatic rings. The number of anilines is 1. The molecular weight excluding hydrogens is 640 g/mol. The third-order valence-electron chi connectivity index (χ3n) is 8.25. The Labute approximate surface area is 283 Å². The summed E-state index contributed by atoms with van der Waals surface area (Å²) in [5.74, 6) is 0.517. The second kappa shape index (κ2) is 15.6. The first-order valence-electron chi connectivity index (χ1n) is 15.9. The van der Waals surface area contributed by atoms with Crippen LogP contribution < -0.4 is 25.5 Å². The number of amides is 2. The molecular formula is C33H41ClN8O6. The number of aliphatic hydroxyl groups excluding tert-OH is 1. The lowest BCUT2D eigenvalue weighted by Crippen LogP contribution is -2.44. The SMILES string of the molecule is CCn1c(CNC(=O)c2nc(Cl)cnc2N)[n+](CC2CCOCC2)c2ccc(OCC(=O)N(Cc3nc(C)ccc3[O-])C[C@H](C)O)cc21. The van der Waals surface area contributed by atoms with Gasteiger partial charge in [0.05, 0.1) is 37.6 Å². The Hall–Kier alpha value is -4.53. The van der Waals surface area contributed by atoms with Crippen molar-refractivity contribution in [1.29, 1.82) is 0 Å². The molecule has 0 saturated carbocycles. The van der Waals surface area contributed by atoms with Gasteiger partial charge in [0.1, 0.15) is 17.4 Å². The summed E-state index contributed by atoms with van der Waals surface area (Å²) >= 11 is 5.97. The van der Waals surface area contributed by atoms with Crippen LogP contribution in [0, 0.1) is 12.8 Å². The molecule has 1 aliphatic heterocycles. The summed E-state index contributed by atoms with van der Waals surface area (Å²) in [5, 5.41) is 25.4. The Bertz CT molecular complexity index is 1770. The van der Waals surface area contributed by atoms with E-state index in [0.717, 1.165) is 36.2 Å². The molecule has 0 bridgehead atoms. The Morgan fingerprint density at radius 3 is 2.77 bits per heavy atom. The number of nitrogens with zero attached hydrogens (tertiary/aromatic N) is 6. The number of fused-ring (bicyclic) bond motifs is 1. The molecule has 0 spiro atoms. The molecule has 48 heavy (non-hydrogen) atoms. The summed E-state index contributed by atoms with van der Waals surface area (Å²) in [6, 6.07) is 8.66. The van der Waals surface area contributed by atoms with Crippen LogP contribution in [0.2, 0.25) is 5.15 Å². The number of carbonyl (C=O) groups excluding carboxylic acids is 2. The maximum absolute atomic E-state index is 13.3. The smallest absolute Gasteiger partial charge is 0.277 e. The first kappa shape index (κ1) is 34.8. The van der Waals surface area contributed by atoms with Crippen LogP contribution in [0.3, 0.4) is 0 Å². The number of ether oxygens (including phenoxy) is 2. The Morgan fingerprint density at radius 2 is 2.04 bits per heavy atom. The largest absolute Gasteiger partial charge is 0.871 e. The highest BCUT2D eigenvalue weighted by molar-refractivity contribution is 6.29. The molecule has 0 radical (unpaired) electrons. The fourth-order valence-electron chi connectivity index (χ4n) is 5.88. The van der Waals surface area contributed by atoms with Crippen LogP contribution in [0.5, 0.6) is 11.5 Å². The zero-order chi connectivity index (χ0) is 34.4. The quantitative estimate of drug-likeness (QED) is 0.176. The molecule has 4 N–H and O–H groups in total. The van der Waals surface area contributed by atoms with E-state index in [-0.39, 0.29) is 54.3 Å². The highest BCUT2D eigenvalue weighted by Gasteiger charge is 2.29. The summed E-state index contributed by atoms with van der Waals surface area (Å²) in [7, 11) is 0. The van der Waals surface area contributed by atoms with Crippen LogP contribution in [-0.4, -0.2) is 73.8 Å². The lowest BCUT2D eigenvalue weighted by Gasteiger charge is -2.26. The van der Waals surface area contributed by atoms with Crippen molar-refractivity contribution < 1.29 is 33.8 Å². The number of aromatic nitrogens is 5. The predicted octanol–water partition coefficient (Wildman–Crippen LogP) is 1.90. The van der Waals surface area contributed by atoms with Crippen LogP contribution in [-0.2, 0) is 35.7 Å². The minimum absolute atomic E-state index is 0.0165. The number of hydrogen-bond acceptors (Lipinski definition) is 10. The Morgan fingerprint density at radius 1 is 1.27 bits per heavy atom. The molecule has 14 nitrogen and oxygen atoms in total. The molecule has 4 heterocycles. The van der Waals surface area contributed by atoms with Gasteiger partial charge in [-0.1, -0.05) is 23.4 Å². The number of carbonyl (C=O) groups is 2. The highest BCUT2D eigenvalue weighted by atomic mass is 35.5. The van der Waals surface area contributed by atoms with Gasteiger partial charge in [-0.3, -0.25) is 14.6 Å². The number of nitrogens with two attached hydrogens (primary N) is 1. The van der Waals surface area contributed by atoms with Gasteiger partial charge in [-0.05, 0) is 51.8 Å². The fourth-order valence-corrected chi connectivity index (χ4v) is 6.02. The molecule has 1 saturated heterocycles. The van der Waals surface area contributed by atoms with E-state index in [1.54, 1.807) is 26.0 Å². The maximum Gasteiger partial charge on any atom is 0.277 e. The number of benzene rings is 1. The topological polar surface area (TPSA) is 185 Å². The number of pyridine rings is 1. The average molecular weight is 681 g/mol. The molecule has 4 aromatic rings. The molecule has 0 aliphatic carbocycles. The van der Waals surface area contributed by atoms with Gasteiger partial charge in [-0.2, -0.15) is 0 Å². The third-order valence-corrected chi connectivity index (χ3v) is 8.44. The number of hydrogen-bond donors (Lipinski definition) is 3. The zero-order valence-corrected chi connectivity index (χ0v) is 28.1. The van der Waals surface area contributed by atoms with Gasteiger partial charge in [0.2, 0.25) is 0 Å². The van der Waals surface area contributed by atoms with Gasteiger partial charge in [0.15, 0.2) is 29.2 Å². The predicted molar refractivity (Wildman–Crippen MR) is 175 cm³/mol. The standard InChI is InChI=1S/C33H41ClN8O6/c1-4-41-26-13-23(48-19-30(45)40(16-21(3)43)18-24-27(44)8-5-20(2)38-24)6-7-25(26)42(17-22-9-11-47-12-10-22)29(41)15-37-33(46)31-32(35)36-14-28(34)39-31/h5-8,13-14,21-22,43H,4,9-12,15-19H2,1-3H3,(H3-,35,36,37,44,46)/t21-/m0/s1. The molecule has 15 heteroatoms. The number of nitrogens with one attached hydrogen (secondary N) is 1. The van der Waals surface area contributed by atoms with Gasteiger partial charge < -0.3 is 35.6 Å². The van der Waals surface area contributed by atoms with Crippen LogP contribution in [0.4, 0.5) is 5.82 Å². The first-order chi connectivity index (χ1) is 23.0. The van der Waals surface area contributed by atoms with E-state index >= 15 is 0 Å². The van der Waals surface area contributed by atoms with Gasteiger partial charge >= 0.3 is 0 Å². The molecule has 2 amide bonds. The number of halogens is 1. The molecule has 256 valence electrons. The lowest BCUT2D eigenvalue weighted by atomic mass is 10.0. The van der Waals surface area contributed by atoms with Crippen molar-refractivity contribution in [2.24, 2.45) is 5.92 Å². The molecule has 1 aromatic carbocycles. The molecule has 1 atom stereocenters. The zero-order valence-electron chi connectivity index (χ0n) is 27.3. The van der Waals surface area contributed by atoms with Gasteiger partial charge in [-0.25, -0.2) is 19.1 Å². The molecule has 5 rings (SSSR count). The summed E-state index contributed by atoms with van der Waals surface area (Å²) in [6.07, 6.45) is 2.31. The maximum atomic E-state index is 13.3. The lowest BCUT2D eigenvalue weighted by molar-refractivity contribution is -0.687. The van der Waals surface area contributed by atoms with Crippen molar-refractivity contribution in [3.05, 3.63) is 64.6 Å². The number of imidazole rings is 1. The van der Waals surface area contributed by atoms with E-state index in [0.29, 0.717) is 37.1 Å². The van der Waals surface area contributed by atoms with Gasteiger partial charge in [-0.15, -0.1) is 0 Å². The summed E-state index contributed by atoms with van der Waals surface area (Å²) in [5.41, 5.74) is 8.55. The van der Waals surface area contributed by atoms with Crippen LogP contribution in [0.1, 0.15) is 54.4 Å². The normalized spacial score (nSPS) is 14.2. The van der Waals surface area contributed by atoms with E-state index in [2.05, 4.69) is 29.4 Å². The van der Waals surface area contributed by atoms with E-state index in [1.807, 2.05) is 19.1 Å². The Kier molecular flexibility index (Phi) is 11.3. The van der Waals surface area contributed by atoms with E-state index in [1.165, 1.54) is 17.2 Å². The van der Waals surface area contributed by atoms with Crippen molar-refractivity contribution in [2.45, 2.75) is 65.9 Å². The minimum Gasteiger partial charge on any atom is -0.871 e. The summed E-state index contributed by atoms with van der Waals surface area (Å²) in [4.78, 5) is 40.1. The van der Waals surface area contributed by atoms with Crippen LogP contribution in [0.15, 0.2) is 36.5 Å². The van der Waals surface area contributed by atoms with Crippen molar-refractivity contribution in [3.63, 3.8) is 0 Å². The number of aliphatic hydroxyl groups is 1. The van der Waals surface area contributed by atoms with Crippen molar-refractivity contribution in [1.82, 2.24) is 29.7 Å².